The van der Waals surface area contributed by atoms with Gasteiger partial charge >= 0.3 is 5.97 Å². The SMILES string of the molecule is O=C(Cn1ccc(=O)c2ccccc21)NC1(C(=O)O)CCC1. The number of carboxylic acid groups (broad SMARTS) is 1. The zero-order valence-corrected chi connectivity index (χ0v) is 11.9. The van der Waals surface area contributed by atoms with Crippen LogP contribution >= 0.6 is 0 Å². The van der Waals surface area contributed by atoms with Gasteiger partial charge in [0.15, 0.2) is 5.43 Å². The molecular weight excluding hydrogens is 284 g/mol. The molecule has 114 valence electrons. The van der Waals surface area contributed by atoms with Crippen molar-refractivity contribution in [3.05, 3.63) is 46.8 Å². The van der Waals surface area contributed by atoms with E-state index >= 15 is 0 Å². The Morgan fingerprint density at radius 2 is 1.95 bits per heavy atom. The second-order valence-corrected chi connectivity index (χ2v) is 5.61. The molecule has 0 unspecified atom stereocenters. The first-order valence-electron chi connectivity index (χ1n) is 7.14. The molecule has 6 heteroatoms. The van der Waals surface area contributed by atoms with Crippen LogP contribution in [-0.2, 0) is 16.1 Å². The maximum atomic E-state index is 12.2. The van der Waals surface area contributed by atoms with E-state index in [0.717, 1.165) is 6.42 Å². The van der Waals surface area contributed by atoms with E-state index in [9.17, 15) is 19.5 Å². The predicted molar refractivity (Wildman–Crippen MR) is 80.6 cm³/mol. The molecule has 1 saturated carbocycles. The van der Waals surface area contributed by atoms with Gasteiger partial charge in [-0.1, -0.05) is 12.1 Å². The number of aromatic nitrogens is 1. The van der Waals surface area contributed by atoms with Crippen molar-refractivity contribution >= 4 is 22.8 Å². The number of nitrogens with one attached hydrogen (secondary N) is 1. The highest BCUT2D eigenvalue weighted by molar-refractivity contribution is 5.88. The first kappa shape index (κ1) is 14.3. The highest BCUT2D eigenvalue weighted by atomic mass is 16.4. The number of nitrogens with zero attached hydrogens (tertiary/aromatic N) is 1. The van der Waals surface area contributed by atoms with E-state index in [0.29, 0.717) is 23.7 Å². The van der Waals surface area contributed by atoms with Gasteiger partial charge in [-0.05, 0) is 31.4 Å². The number of hydrogen-bond acceptors (Lipinski definition) is 3. The minimum Gasteiger partial charge on any atom is -0.480 e. The average molecular weight is 300 g/mol. The first-order chi connectivity index (χ1) is 10.5. The molecule has 3 rings (SSSR count). The molecule has 22 heavy (non-hydrogen) atoms. The summed E-state index contributed by atoms with van der Waals surface area (Å²) in [7, 11) is 0. The molecule has 1 aromatic carbocycles. The number of benzene rings is 1. The number of aliphatic carboxylic acids is 1. The van der Waals surface area contributed by atoms with Gasteiger partial charge in [0.25, 0.3) is 0 Å². The molecule has 0 bridgehead atoms. The van der Waals surface area contributed by atoms with Crippen molar-refractivity contribution in [1.29, 1.82) is 0 Å². The Bertz CT molecular complexity index is 805. The molecule has 1 aromatic heterocycles. The molecule has 0 aliphatic heterocycles. The Morgan fingerprint density at radius 1 is 1.23 bits per heavy atom. The second kappa shape index (κ2) is 5.29. The number of para-hydroxylation sites is 1. The van der Waals surface area contributed by atoms with Gasteiger partial charge in [0, 0.05) is 17.6 Å². The van der Waals surface area contributed by atoms with Crippen LogP contribution in [0, 0.1) is 0 Å². The van der Waals surface area contributed by atoms with Crippen molar-refractivity contribution in [2.45, 2.75) is 31.3 Å². The second-order valence-electron chi connectivity index (χ2n) is 5.61. The van der Waals surface area contributed by atoms with Crippen molar-refractivity contribution in [3.63, 3.8) is 0 Å². The zero-order valence-electron chi connectivity index (χ0n) is 11.9. The van der Waals surface area contributed by atoms with Gasteiger partial charge in [0.05, 0.1) is 5.52 Å². The number of carbonyl (C=O) groups excluding carboxylic acids is 1. The molecule has 2 aromatic rings. The van der Waals surface area contributed by atoms with Crippen LogP contribution in [0.4, 0.5) is 0 Å². The highest BCUT2D eigenvalue weighted by Crippen LogP contribution is 2.32. The highest BCUT2D eigenvalue weighted by Gasteiger charge is 2.45. The van der Waals surface area contributed by atoms with Crippen molar-refractivity contribution in [3.8, 4) is 0 Å². The Hall–Kier alpha value is -2.63. The summed E-state index contributed by atoms with van der Waals surface area (Å²) in [6.45, 7) is -0.0180. The molecule has 1 fully saturated rings. The quantitative estimate of drug-likeness (QED) is 0.885. The van der Waals surface area contributed by atoms with E-state index in [-0.39, 0.29) is 17.9 Å². The summed E-state index contributed by atoms with van der Waals surface area (Å²) < 4.78 is 1.65. The Balaban J connectivity index is 1.85. The number of fused-ring (bicyclic) bond motifs is 1. The van der Waals surface area contributed by atoms with Crippen LogP contribution < -0.4 is 10.7 Å². The van der Waals surface area contributed by atoms with E-state index in [2.05, 4.69) is 5.32 Å². The molecule has 0 saturated heterocycles. The zero-order chi connectivity index (χ0) is 15.7. The molecule has 0 atom stereocenters. The minimum atomic E-state index is -1.12. The van der Waals surface area contributed by atoms with Crippen molar-refractivity contribution in [2.75, 3.05) is 0 Å². The van der Waals surface area contributed by atoms with E-state index in [1.54, 1.807) is 35.0 Å². The third-order valence-electron chi connectivity index (χ3n) is 4.19. The number of hydrogen-bond donors (Lipinski definition) is 2. The number of rotatable bonds is 4. The number of carboxylic acids is 1. The van der Waals surface area contributed by atoms with Gasteiger partial charge < -0.3 is 15.0 Å². The van der Waals surface area contributed by atoms with E-state index in [1.165, 1.54) is 6.07 Å². The molecule has 1 aliphatic carbocycles. The van der Waals surface area contributed by atoms with E-state index < -0.39 is 11.5 Å². The Kier molecular flexibility index (Phi) is 3.44. The summed E-state index contributed by atoms with van der Waals surface area (Å²) in [4.78, 5) is 35.3. The number of pyridine rings is 1. The lowest BCUT2D eigenvalue weighted by atomic mass is 9.77. The normalized spacial score (nSPS) is 16.0. The number of carbonyl (C=O) groups is 2. The summed E-state index contributed by atoms with van der Waals surface area (Å²) in [5.41, 5.74) is -0.567. The standard InChI is InChI=1S/C16H16N2O4/c19-13-6-9-18(12-5-2-1-4-11(12)13)10-14(20)17-16(15(21)22)7-3-8-16/h1-2,4-6,9H,3,7-8,10H2,(H,17,20)(H,21,22). The fraction of sp³-hybridized carbons (Fsp3) is 0.312. The Labute approximate surface area is 126 Å². The molecule has 1 aliphatic rings. The summed E-state index contributed by atoms with van der Waals surface area (Å²) in [5.74, 6) is -1.35. The fourth-order valence-corrected chi connectivity index (χ4v) is 2.78. The third kappa shape index (κ3) is 2.36. The summed E-state index contributed by atoms with van der Waals surface area (Å²) in [6, 6.07) is 8.44. The van der Waals surface area contributed by atoms with Crippen molar-refractivity contribution < 1.29 is 14.7 Å². The summed E-state index contributed by atoms with van der Waals surface area (Å²) in [6.07, 6.45) is 3.27. The van der Waals surface area contributed by atoms with Gasteiger partial charge in [-0.3, -0.25) is 9.59 Å². The lowest BCUT2D eigenvalue weighted by Crippen LogP contribution is -2.59. The maximum Gasteiger partial charge on any atom is 0.329 e. The Morgan fingerprint density at radius 3 is 2.59 bits per heavy atom. The molecule has 1 amide bonds. The monoisotopic (exact) mass is 300 g/mol. The smallest absolute Gasteiger partial charge is 0.329 e. The van der Waals surface area contributed by atoms with Crippen LogP contribution in [-0.4, -0.2) is 27.1 Å². The van der Waals surface area contributed by atoms with Gasteiger partial charge in [-0.25, -0.2) is 4.79 Å². The number of amides is 1. The van der Waals surface area contributed by atoms with Crippen LogP contribution in [0.15, 0.2) is 41.3 Å². The minimum absolute atomic E-state index is 0.0180. The van der Waals surface area contributed by atoms with Crippen LogP contribution in [0.2, 0.25) is 0 Å². The largest absolute Gasteiger partial charge is 0.480 e. The molecular formula is C16H16N2O4. The lowest BCUT2D eigenvalue weighted by Gasteiger charge is -2.38. The van der Waals surface area contributed by atoms with Crippen molar-refractivity contribution in [1.82, 2.24) is 9.88 Å². The maximum absolute atomic E-state index is 12.2. The topological polar surface area (TPSA) is 88.4 Å². The summed E-state index contributed by atoms with van der Waals surface area (Å²) in [5, 5.41) is 12.4. The summed E-state index contributed by atoms with van der Waals surface area (Å²) >= 11 is 0. The van der Waals surface area contributed by atoms with Gasteiger partial charge in [0.1, 0.15) is 12.1 Å². The van der Waals surface area contributed by atoms with Gasteiger partial charge in [-0.15, -0.1) is 0 Å². The molecule has 0 radical (unpaired) electrons. The lowest BCUT2D eigenvalue weighted by molar-refractivity contribution is -0.151. The molecule has 1 heterocycles. The van der Waals surface area contributed by atoms with Crippen LogP contribution in [0.1, 0.15) is 19.3 Å². The average Bonchev–Trinajstić information content (AvgIpc) is 2.46. The molecule has 0 spiro atoms. The molecule has 6 nitrogen and oxygen atoms in total. The van der Waals surface area contributed by atoms with E-state index in [1.807, 2.05) is 0 Å². The van der Waals surface area contributed by atoms with Crippen LogP contribution in [0.3, 0.4) is 0 Å². The van der Waals surface area contributed by atoms with E-state index in [4.69, 9.17) is 0 Å². The van der Waals surface area contributed by atoms with Crippen LogP contribution in [0.25, 0.3) is 10.9 Å². The van der Waals surface area contributed by atoms with Crippen LogP contribution in [0.5, 0.6) is 0 Å². The van der Waals surface area contributed by atoms with Gasteiger partial charge in [0.2, 0.25) is 5.91 Å². The molecule has 2 N–H and O–H groups in total. The third-order valence-corrected chi connectivity index (χ3v) is 4.19. The van der Waals surface area contributed by atoms with Gasteiger partial charge in [-0.2, -0.15) is 0 Å². The fourth-order valence-electron chi connectivity index (χ4n) is 2.78. The van der Waals surface area contributed by atoms with Crippen molar-refractivity contribution in [2.24, 2.45) is 0 Å². The first-order valence-corrected chi connectivity index (χ1v) is 7.14. The predicted octanol–water partition coefficient (Wildman–Crippen LogP) is 1.12.